The van der Waals surface area contributed by atoms with Gasteiger partial charge >= 0.3 is 0 Å². The van der Waals surface area contributed by atoms with E-state index in [4.69, 9.17) is 16.0 Å². The smallest absolute Gasteiger partial charge is 0.229 e. The van der Waals surface area contributed by atoms with E-state index in [-0.39, 0.29) is 5.25 Å². The first-order valence-corrected chi connectivity index (χ1v) is 6.74. The molecule has 0 saturated carbocycles. The summed E-state index contributed by atoms with van der Waals surface area (Å²) < 4.78 is 5.39. The van der Waals surface area contributed by atoms with E-state index in [1.807, 2.05) is 18.2 Å². The zero-order valence-corrected chi connectivity index (χ0v) is 11.3. The van der Waals surface area contributed by atoms with Gasteiger partial charge in [-0.15, -0.1) is 22.0 Å². The highest BCUT2D eigenvalue weighted by atomic mass is 35.5. The second-order valence-corrected chi connectivity index (χ2v) is 5.51. The van der Waals surface area contributed by atoms with Gasteiger partial charge in [0.05, 0.1) is 5.25 Å². The highest BCUT2D eigenvalue weighted by Gasteiger charge is 2.12. The zero-order chi connectivity index (χ0) is 12.3. The molecule has 1 aromatic carbocycles. The fourth-order valence-electron chi connectivity index (χ4n) is 1.40. The van der Waals surface area contributed by atoms with Crippen molar-refractivity contribution in [1.29, 1.82) is 0 Å². The molecule has 2 rings (SSSR count). The number of thioether (sulfide) groups is 1. The van der Waals surface area contributed by atoms with Crippen LogP contribution in [0.5, 0.6) is 0 Å². The fourth-order valence-corrected chi connectivity index (χ4v) is 2.47. The number of halogens is 1. The normalized spacial score (nSPS) is 12.6. The van der Waals surface area contributed by atoms with Crippen molar-refractivity contribution in [3.63, 3.8) is 0 Å². The summed E-state index contributed by atoms with van der Waals surface area (Å²) in [6, 6.07) is 7.87. The van der Waals surface area contributed by atoms with Crippen LogP contribution in [0.3, 0.4) is 0 Å². The monoisotopic (exact) mass is 268 g/mol. The Labute approximate surface area is 110 Å². The van der Waals surface area contributed by atoms with Gasteiger partial charge in [0.25, 0.3) is 0 Å². The summed E-state index contributed by atoms with van der Waals surface area (Å²) in [5.74, 6) is 2.16. The van der Waals surface area contributed by atoms with Gasteiger partial charge in [-0.05, 0) is 24.6 Å². The van der Waals surface area contributed by atoms with Crippen molar-refractivity contribution < 1.29 is 4.42 Å². The van der Waals surface area contributed by atoms with E-state index in [1.165, 1.54) is 5.56 Å². The Morgan fingerprint density at radius 2 is 2.24 bits per heavy atom. The molecule has 0 aliphatic heterocycles. The van der Waals surface area contributed by atoms with Crippen LogP contribution in [0.1, 0.15) is 29.5 Å². The molecule has 1 atom stereocenters. The third-order valence-electron chi connectivity index (χ3n) is 2.28. The van der Waals surface area contributed by atoms with Crippen LogP contribution in [0.4, 0.5) is 0 Å². The van der Waals surface area contributed by atoms with Crippen LogP contribution in [-0.4, -0.2) is 10.2 Å². The Morgan fingerprint density at radius 3 is 2.88 bits per heavy atom. The van der Waals surface area contributed by atoms with Crippen LogP contribution < -0.4 is 0 Å². The summed E-state index contributed by atoms with van der Waals surface area (Å²) in [5.41, 5.74) is 1.20. The maximum Gasteiger partial charge on any atom is 0.229 e. The topological polar surface area (TPSA) is 38.9 Å². The van der Waals surface area contributed by atoms with E-state index >= 15 is 0 Å². The molecule has 1 heterocycles. The summed E-state index contributed by atoms with van der Waals surface area (Å²) >= 11 is 7.68. The molecule has 2 aromatic rings. The third kappa shape index (κ3) is 3.48. The quantitative estimate of drug-likeness (QED) is 0.839. The van der Waals surface area contributed by atoms with E-state index in [0.717, 1.165) is 10.8 Å². The highest BCUT2D eigenvalue weighted by Crippen LogP contribution is 2.30. The molecular formula is C12H13ClN2OS. The van der Waals surface area contributed by atoms with Crippen molar-refractivity contribution in [3.05, 3.63) is 46.6 Å². The molecule has 1 aromatic heterocycles. The summed E-state index contributed by atoms with van der Waals surface area (Å²) in [6.45, 7) is 3.85. The largest absolute Gasteiger partial charge is 0.424 e. The van der Waals surface area contributed by atoms with Gasteiger partial charge < -0.3 is 4.42 Å². The van der Waals surface area contributed by atoms with Crippen molar-refractivity contribution in [2.24, 2.45) is 0 Å². The van der Waals surface area contributed by atoms with Crippen LogP contribution >= 0.6 is 23.4 Å². The van der Waals surface area contributed by atoms with E-state index < -0.39 is 0 Å². The summed E-state index contributed by atoms with van der Waals surface area (Å²) in [5, 5.41) is 8.80. The summed E-state index contributed by atoms with van der Waals surface area (Å²) in [4.78, 5) is 0. The summed E-state index contributed by atoms with van der Waals surface area (Å²) in [7, 11) is 0. The van der Waals surface area contributed by atoms with Gasteiger partial charge in [0.1, 0.15) is 0 Å². The lowest BCUT2D eigenvalue weighted by molar-refractivity contribution is 0.470. The van der Waals surface area contributed by atoms with Crippen molar-refractivity contribution in [1.82, 2.24) is 10.2 Å². The SMILES string of the molecule is Cc1nnc([C@H](C)SCc2cccc(Cl)c2)o1. The predicted octanol–water partition coefficient (Wildman–Crippen LogP) is 4.03. The minimum atomic E-state index is 0.190. The fraction of sp³-hybridized carbons (Fsp3) is 0.333. The average molecular weight is 269 g/mol. The molecule has 0 saturated heterocycles. The molecule has 3 nitrogen and oxygen atoms in total. The molecule has 0 spiro atoms. The number of rotatable bonds is 4. The molecule has 90 valence electrons. The zero-order valence-electron chi connectivity index (χ0n) is 9.68. The second kappa shape index (κ2) is 5.56. The molecule has 0 fully saturated rings. The molecule has 0 aliphatic rings. The Bertz CT molecular complexity index is 501. The van der Waals surface area contributed by atoms with Crippen molar-refractivity contribution in [2.75, 3.05) is 0 Å². The van der Waals surface area contributed by atoms with Crippen LogP contribution in [0.15, 0.2) is 28.7 Å². The molecule has 0 amide bonds. The Hall–Kier alpha value is -1.00. The third-order valence-corrected chi connectivity index (χ3v) is 3.72. The number of hydrogen-bond acceptors (Lipinski definition) is 4. The van der Waals surface area contributed by atoms with Crippen molar-refractivity contribution >= 4 is 23.4 Å². The molecule has 0 N–H and O–H groups in total. The van der Waals surface area contributed by atoms with E-state index in [1.54, 1.807) is 18.7 Å². The first kappa shape index (κ1) is 12.5. The van der Waals surface area contributed by atoms with Gasteiger partial charge in [-0.1, -0.05) is 23.7 Å². The predicted molar refractivity (Wildman–Crippen MR) is 70.2 cm³/mol. The number of aromatic nitrogens is 2. The van der Waals surface area contributed by atoms with Crippen LogP contribution in [0, 0.1) is 6.92 Å². The molecule has 0 unspecified atom stereocenters. The molecule has 5 heteroatoms. The second-order valence-electron chi connectivity index (χ2n) is 3.74. The van der Waals surface area contributed by atoms with Gasteiger partial charge in [0, 0.05) is 17.7 Å². The number of benzene rings is 1. The minimum Gasteiger partial charge on any atom is -0.424 e. The lowest BCUT2D eigenvalue weighted by atomic mass is 10.2. The number of nitrogens with zero attached hydrogens (tertiary/aromatic N) is 2. The molecular weight excluding hydrogens is 256 g/mol. The van der Waals surface area contributed by atoms with E-state index in [2.05, 4.69) is 23.2 Å². The van der Waals surface area contributed by atoms with Crippen molar-refractivity contribution in [2.45, 2.75) is 24.9 Å². The van der Waals surface area contributed by atoms with E-state index in [9.17, 15) is 0 Å². The first-order chi connectivity index (χ1) is 8.15. The van der Waals surface area contributed by atoms with Gasteiger partial charge in [-0.25, -0.2) is 0 Å². The molecule has 0 bridgehead atoms. The standard InChI is InChI=1S/C12H13ClN2OS/c1-8(12-15-14-9(2)16-12)17-7-10-4-3-5-11(13)6-10/h3-6,8H,7H2,1-2H3/t8-/m0/s1. The van der Waals surface area contributed by atoms with Crippen molar-refractivity contribution in [3.8, 4) is 0 Å². The Morgan fingerprint density at radius 1 is 1.41 bits per heavy atom. The van der Waals surface area contributed by atoms with Gasteiger partial charge in [-0.3, -0.25) is 0 Å². The van der Waals surface area contributed by atoms with Gasteiger partial charge in [0.15, 0.2) is 0 Å². The number of aryl methyl sites for hydroxylation is 1. The molecule has 17 heavy (non-hydrogen) atoms. The molecule has 0 aliphatic carbocycles. The maximum atomic E-state index is 5.93. The molecule has 0 radical (unpaired) electrons. The maximum absolute atomic E-state index is 5.93. The van der Waals surface area contributed by atoms with Crippen LogP contribution in [0.2, 0.25) is 5.02 Å². The van der Waals surface area contributed by atoms with E-state index in [0.29, 0.717) is 11.8 Å². The highest BCUT2D eigenvalue weighted by molar-refractivity contribution is 7.98. The minimum absolute atomic E-state index is 0.190. The Kier molecular flexibility index (Phi) is 4.07. The average Bonchev–Trinajstić information content (AvgIpc) is 2.73. The van der Waals surface area contributed by atoms with Gasteiger partial charge in [0.2, 0.25) is 11.8 Å². The Balaban J connectivity index is 1.94. The summed E-state index contributed by atoms with van der Waals surface area (Å²) in [6.07, 6.45) is 0. The number of hydrogen-bond donors (Lipinski definition) is 0. The lowest BCUT2D eigenvalue weighted by Gasteiger charge is -2.06. The van der Waals surface area contributed by atoms with Gasteiger partial charge in [-0.2, -0.15) is 0 Å². The van der Waals surface area contributed by atoms with Crippen LogP contribution in [-0.2, 0) is 5.75 Å². The lowest BCUT2D eigenvalue weighted by Crippen LogP contribution is -1.90. The van der Waals surface area contributed by atoms with Crippen LogP contribution in [0.25, 0.3) is 0 Å². The first-order valence-electron chi connectivity index (χ1n) is 5.31.